The van der Waals surface area contributed by atoms with Gasteiger partial charge in [0.25, 0.3) is 0 Å². The predicted octanol–water partition coefficient (Wildman–Crippen LogP) is 5.24. The molecule has 1 aromatic heterocycles. The lowest BCUT2D eigenvalue weighted by Crippen LogP contribution is -2.11. The molecule has 0 fully saturated rings. The van der Waals surface area contributed by atoms with Gasteiger partial charge in [-0.3, -0.25) is 0 Å². The van der Waals surface area contributed by atoms with Gasteiger partial charge in [-0.05, 0) is 30.2 Å². The number of imidazole rings is 1. The molecule has 0 saturated heterocycles. The van der Waals surface area contributed by atoms with Crippen LogP contribution in [0.5, 0.6) is 0 Å². The third-order valence-electron chi connectivity index (χ3n) is 4.52. The van der Waals surface area contributed by atoms with E-state index in [0.717, 1.165) is 17.9 Å². The molecule has 0 unspecified atom stereocenters. The van der Waals surface area contributed by atoms with E-state index in [2.05, 4.69) is 96.4 Å². The van der Waals surface area contributed by atoms with E-state index in [1.165, 1.54) is 16.6 Å². The molecule has 0 amide bonds. The molecular weight excluding hydrogens is 292 g/mol. The Morgan fingerprint density at radius 3 is 1.88 bits per heavy atom. The summed E-state index contributed by atoms with van der Waals surface area (Å²) in [6, 6.07) is 29.7. The normalized spacial score (nSPS) is 11.2. The molecule has 0 atom stereocenters. The number of hydrogen-bond acceptors (Lipinski definition) is 1. The fourth-order valence-electron chi connectivity index (χ4n) is 3.43. The lowest BCUT2D eigenvalue weighted by molar-refractivity contribution is 0.701. The van der Waals surface area contributed by atoms with Crippen molar-refractivity contribution >= 4 is 11.0 Å². The molecule has 118 valence electrons. The fourth-order valence-corrected chi connectivity index (χ4v) is 3.43. The van der Waals surface area contributed by atoms with E-state index in [-0.39, 0.29) is 5.92 Å². The second-order valence-corrected chi connectivity index (χ2v) is 5.96. The summed E-state index contributed by atoms with van der Waals surface area (Å²) in [4.78, 5) is 5.00. The highest BCUT2D eigenvalue weighted by atomic mass is 15.1. The summed E-state index contributed by atoms with van der Waals surface area (Å²) in [6.45, 7) is 3.09. The van der Waals surface area contributed by atoms with Crippen LogP contribution in [0.25, 0.3) is 11.0 Å². The van der Waals surface area contributed by atoms with Gasteiger partial charge in [0.1, 0.15) is 5.82 Å². The van der Waals surface area contributed by atoms with Gasteiger partial charge in [0, 0.05) is 6.54 Å². The topological polar surface area (TPSA) is 17.8 Å². The van der Waals surface area contributed by atoms with Gasteiger partial charge in [0.05, 0.1) is 17.0 Å². The number of aryl methyl sites for hydroxylation is 1. The second-order valence-electron chi connectivity index (χ2n) is 5.96. The minimum Gasteiger partial charge on any atom is -0.327 e. The number of aromatic nitrogens is 2. The van der Waals surface area contributed by atoms with Gasteiger partial charge in [-0.25, -0.2) is 4.98 Å². The van der Waals surface area contributed by atoms with Crippen molar-refractivity contribution in [2.24, 2.45) is 0 Å². The Hall–Kier alpha value is -2.87. The van der Waals surface area contributed by atoms with Crippen LogP contribution in [0.1, 0.15) is 29.8 Å². The van der Waals surface area contributed by atoms with Gasteiger partial charge in [-0.15, -0.1) is 0 Å². The molecule has 2 heteroatoms. The average molecular weight is 312 g/mol. The number of para-hydroxylation sites is 2. The quantitative estimate of drug-likeness (QED) is 0.504. The number of benzene rings is 3. The van der Waals surface area contributed by atoms with Crippen LogP contribution in [0.3, 0.4) is 0 Å². The fraction of sp³-hybridized carbons (Fsp3) is 0.136. The standard InChI is InChI=1S/C22H20N2/c1-2-24-20-16-10-9-15-19(20)23-22(24)21(17-11-5-3-6-12-17)18-13-7-4-8-14-18/h3-16,21H,2H2,1H3. The Morgan fingerprint density at radius 1 is 0.750 bits per heavy atom. The second kappa shape index (κ2) is 6.32. The summed E-state index contributed by atoms with van der Waals surface area (Å²) in [6.07, 6.45) is 0. The van der Waals surface area contributed by atoms with Gasteiger partial charge in [0.2, 0.25) is 0 Å². The van der Waals surface area contributed by atoms with Gasteiger partial charge in [0.15, 0.2) is 0 Å². The van der Waals surface area contributed by atoms with E-state index in [1.807, 2.05) is 0 Å². The summed E-state index contributed by atoms with van der Waals surface area (Å²) in [5.74, 6) is 1.25. The Labute approximate surface area is 142 Å². The molecule has 4 aromatic rings. The van der Waals surface area contributed by atoms with E-state index in [0.29, 0.717) is 0 Å². The average Bonchev–Trinajstić information content (AvgIpc) is 3.02. The Kier molecular flexibility index (Phi) is 3.87. The van der Waals surface area contributed by atoms with Crippen LogP contribution in [0.2, 0.25) is 0 Å². The zero-order valence-electron chi connectivity index (χ0n) is 13.8. The predicted molar refractivity (Wildman–Crippen MR) is 99.2 cm³/mol. The van der Waals surface area contributed by atoms with Crippen LogP contribution in [0.15, 0.2) is 84.9 Å². The molecule has 0 aliphatic carbocycles. The lowest BCUT2D eigenvalue weighted by Gasteiger charge is -2.19. The Morgan fingerprint density at radius 2 is 1.29 bits per heavy atom. The summed E-state index contributed by atoms with van der Waals surface area (Å²) in [7, 11) is 0. The van der Waals surface area contributed by atoms with Gasteiger partial charge in [-0.1, -0.05) is 72.8 Å². The largest absolute Gasteiger partial charge is 0.327 e. The van der Waals surface area contributed by atoms with Crippen LogP contribution in [0, 0.1) is 0 Å². The minimum atomic E-state index is 0.139. The SMILES string of the molecule is CCn1c(C(c2ccccc2)c2ccccc2)nc2ccccc21. The van der Waals surface area contributed by atoms with Crippen molar-refractivity contribution in [2.45, 2.75) is 19.4 Å². The molecule has 4 rings (SSSR count). The first-order valence-electron chi connectivity index (χ1n) is 8.43. The highest BCUT2D eigenvalue weighted by molar-refractivity contribution is 5.76. The number of nitrogens with zero attached hydrogens (tertiary/aromatic N) is 2. The first-order valence-corrected chi connectivity index (χ1v) is 8.43. The van der Waals surface area contributed by atoms with E-state index in [1.54, 1.807) is 0 Å². The molecule has 0 aliphatic rings. The highest BCUT2D eigenvalue weighted by Gasteiger charge is 2.22. The van der Waals surface area contributed by atoms with Gasteiger partial charge in [-0.2, -0.15) is 0 Å². The van der Waals surface area contributed by atoms with E-state index >= 15 is 0 Å². The first-order chi connectivity index (χ1) is 11.9. The summed E-state index contributed by atoms with van der Waals surface area (Å²) < 4.78 is 2.33. The molecule has 2 nitrogen and oxygen atoms in total. The van der Waals surface area contributed by atoms with Crippen LogP contribution in [0.4, 0.5) is 0 Å². The van der Waals surface area contributed by atoms with E-state index in [4.69, 9.17) is 4.98 Å². The maximum Gasteiger partial charge on any atom is 0.121 e. The molecular formula is C22H20N2. The van der Waals surface area contributed by atoms with Crippen molar-refractivity contribution in [3.63, 3.8) is 0 Å². The third kappa shape index (κ3) is 2.50. The van der Waals surface area contributed by atoms with E-state index in [9.17, 15) is 0 Å². The highest BCUT2D eigenvalue weighted by Crippen LogP contribution is 2.33. The third-order valence-corrected chi connectivity index (χ3v) is 4.52. The van der Waals surface area contributed by atoms with Crippen LogP contribution >= 0.6 is 0 Å². The number of rotatable bonds is 4. The zero-order chi connectivity index (χ0) is 16.4. The molecule has 0 N–H and O–H groups in total. The zero-order valence-corrected chi connectivity index (χ0v) is 13.8. The summed E-state index contributed by atoms with van der Waals surface area (Å²) in [5, 5.41) is 0. The molecule has 0 saturated carbocycles. The maximum absolute atomic E-state index is 5.00. The van der Waals surface area contributed by atoms with Crippen molar-refractivity contribution in [1.29, 1.82) is 0 Å². The number of hydrogen-bond donors (Lipinski definition) is 0. The summed E-state index contributed by atoms with van der Waals surface area (Å²) >= 11 is 0. The molecule has 24 heavy (non-hydrogen) atoms. The number of fused-ring (bicyclic) bond motifs is 1. The van der Waals surface area contributed by atoms with Crippen molar-refractivity contribution in [2.75, 3.05) is 0 Å². The van der Waals surface area contributed by atoms with Crippen LogP contribution < -0.4 is 0 Å². The molecule has 0 bridgehead atoms. The Bertz CT molecular complexity index is 900. The maximum atomic E-state index is 5.00. The van der Waals surface area contributed by atoms with Crippen molar-refractivity contribution < 1.29 is 0 Å². The monoisotopic (exact) mass is 312 g/mol. The van der Waals surface area contributed by atoms with Gasteiger partial charge >= 0.3 is 0 Å². The van der Waals surface area contributed by atoms with Gasteiger partial charge < -0.3 is 4.57 Å². The van der Waals surface area contributed by atoms with Crippen molar-refractivity contribution in [1.82, 2.24) is 9.55 Å². The molecule has 0 aliphatic heterocycles. The van der Waals surface area contributed by atoms with Crippen molar-refractivity contribution in [3.8, 4) is 0 Å². The van der Waals surface area contributed by atoms with Crippen LogP contribution in [-0.2, 0) is 6.54 Å². The lowest BCUT2D eigenvalue weighted by atomic mass is 9.90. The van der Waals surface area contributed by atoms with Crippen molar-refractivity contribution in [3.05, 3.63) is 102 Å². The van der Waals surface area contributed by atoms with Crippen LogP contribution in [-0.4, -0.2) is 9.55 Å². The summed E-state index contributed by atoms with van der Waals surface area (Å²) in [5.41, 5.74) is 4.81. The molecule has 0 radical (unpaired) electrons. The van der Waals surface area contributed by atoms with E-state index < -0.39 is 0 Å². The molecule has 3 aromatic carbocycles. The molecule has 0 spiro atoms. The smallest absolute Gasteiger partial charge is 0.121 e. The first kappa shape index (κ1) is 14.7. The molecule has 1 heterocycles. The Balaban J connectivity index is 1.98. The minimum absolute atomic E-state index is 0.139.